The Morgan fingerprint density at radius 2 is 2.15 bits per heavy atom. The number of imidazole rings is 1. The maximum Gasteiger partial charge on any atom is 0.138 e. The molecule has 0 saturated carbocycles. The van der Waals surface area contributed by atoms with Gasteiger partial charge in [0.15, 0.2) is 0 Å². The number of benzene rings is 1. The van der Waals surface area contributed by atoms with Crippen LogP contribution in [0.25, 0.3) is 11.0 Å². The minimum atomic E-state index is -0.819. The van der Waals surface area contributed by atoms with Gasteiger partial charge in [-0.15, -0.1) is 0 Å². The Bertz CT molecular complexity index is 637. The number of hydrogen-bond acceptors (Lipinski definition) is 4. The zero-order valence-electron chi connectivity index (χ0n) is 12.0. The molecule has 0 aliphatic heterocycles. The molecule has 3 unspecified atom stereocenters. The van der Waals surface area contributed by atoms with Crippen LogP contribution in [-0.4, -0.2) is 30.9 Å². The average molecular weight is 295 g/mol. The molecule has 0 aliphatic carbocycles. The molecule has 0 spiro atoms. The van der Waals surface area contributed by atoms with Crippen molar-refractivity contribution in [2.75, 3.05) is 17.7 Å². The highest BCUT2D eigenvalue weighted by Crippen LogP contribution is 2.27. The summed E-state index contributed by atoms with van der Waals surface area (Å²) in [5, 5.41) is 9.93. The Morgan fingerprint density at radius 1 is 1.45 bits per heavy atom. The van der Waals surface area contributed by atoms with Crippen molar-refractivity contribution < 1.29 is 9.32 Å². The van der Waals surface area contributed by atoms with Crippen LogP contribution in [0.5, 0.6) is 0 Å². The van der Waals surface area contributed by atoms with E-state index in [1.807, 2.05) is 22.8 Å². The van der Waals surface area contributed by atoms with Crippen LogP contribution >= 0.6 is 0 Å². The zero-order valence-corrected chi connectivity index (χ0v) is 12.9. The second-order valence-electron chi connectivity index (χ2n) is 5.18. The predicted molar refractivity (Wildman–Crippen MR) is 83.0 cm³/mol. The molecule has 0 fully saturated rings. The number of aromatic nitrogens is 2. The average Bonchev–Trinajstić information content (AvgIpc) is 2.74. The summed E-state index contributed by atoms with van der Waals surface area (Å²) < 4.78 is 13.3. The molecular formula is C14H21N3O2S. The molecule has 2 rings (SSSR count). The molecule has 6 heteroatoms. The van der Waals surface area contributed by atoms with E-state index in [4.69, 9.17) is 5.73 Å². The molecule has 1 aromatic carbocycles. The molecule has 3 N–H and O–H groups in total. The van der Waals surface area contributed by atoms with Crippen LogP contribution < -0.4 is 5.73 Å². The fourth-order valence-electron chi connectivity index (χ4n) is 2.36. The molecule has 2 aromatic rings. The molecule has 0 aliphatic rings. The van der Waals surface area contributed by atoms with Gasteiger partial charge in [0.1, 0.15) is 11.9 Å². The van der Waals surface area contributed by atoms with Gasteiger partial charge in [0.2, 0.25) is 0 Å². The molecule has 1 aromatic heterocycles. The third-order valence-corrected chi connectivity index (χ3v) is 4.19. The van der Waals surface area contributed by atoms with Crippen molar-refractivity contribution in [1.29, 1.82) is 0 Å². The van der Waals surface area contributed by atoms with E-state index in [2.05, 4.69) is 11.9 Å². The van der Waals surface area contributed by atoms with Gasteiger partial charge < -0.3 is 15.4 Å². The van der Waals surface area contributed by atoms with E-state index in [-0.39, 0.29) is 6.04 Å². The number of hydrogen-bond donors (Lipinski definition) is 2. The van der Waals surface area contributed by atoms with E-state index in [9.17, 15) is 9.32 Å². The van der Waals surface area contributed by atoms with Gasteiger partial charge in [-0.1, -0.05) is 0 Å². The summed E-state index contributed by atoms with van der Waals surface area (Å²) in [5.74, 6) is 1.26. The summed E-state index contributed by atoms with van der Waals surface area (Å²) in [6, 6.07) is 5.68. The normalized spacial score (nSPS) is 16.2. The first-order valence-corrected chi connectivity index (χ1v) is 8.38. The van der Waals surface area contributed by atoms with Gasteiger partial charge in [0.05, 0.1) is 11.0 Å². The Balaban J connectivity index is 2.48. The Kier molecular flexibility index (Phi) is 4.45. The number of fused-ring (bicyclic) bond motifs is 1. The van der Waals surface area contributed by atoms with Crippen LogP contribution in [0.3, 0.4) is 0 Å². The van der Waals surface area contributed by atoms with Crippen LogP contribution in [0.2, 0.25) is 0 Å². The fourth-order valence-corrected chi connectivity index (χ4v) is 3.03. The Hall–Kier alpha value is -1.40. The second-order valence-corrected chi connectivity index (χ2v) is 6.73. The highest BCUT2D eigenvalue weighted by Gasteiger charge is 2.19. The summed E-state index contributed by atoms with van der Waals surface area (Å²) in [5.41, 5.74) is 8.17. The number of rotatable bonds is 5. The molecule has 110 valence electrons. The van der Waals surface area contributed by atoms with Crippen molar-refractivity contribution in [2.24, 2.45) is 0 Å². The van der Waals surface area contributed by atoms with Gasteiger partial charge in [-0.3, -0.25) is 4.21 Å². The standard InChI is InChI=1S/C14H21N3O2S/c1-9(6-7-20(3)19)17-13-5-4-11(15)8-12(13)16-14(17)10(2)18/h4-5,8-10,18H,6-7,15H2,1-3H3. The van der Waals surface area contributed by atoms with Gasteiger partial charge in [0.25, 0.3) is 0 Å². The highest BCUT2D eigenvalue weighted by molar-refractivity contribution is 7.84. The lowest BCUT2D eigenvalue weighted by molar-refractivity contribution is 0.182. The lowest BCUT2D eigenvalue weighted by atomic mass is 10.2. The van der Waals surface area contributed by atoms with Crippen LogP contribution in [0.1, 0.15) is 38.2 Å². The lowest BCUT2D eigenvalue weighted by Crippen LogP contribution is -2.13. The van der Waals surface area contributed by atoms with Crippen LogP contribution in [-0.2, 0) is 10.8 Å². The molecule has 0 bridgehead atoms. The van der Waals surface area contributed by atoms with Gasteiger partial charge in [0, 0.05) is 34.5 Å². The quantitative estimate of drug-likeness (QED) is 0.827. The van der Waals surface area contributed by atoms with Gasteiger partial charge >= 0.3 is 0 Å². The van der Waals surface area contributed by atoms with E-state index < -0.39 is 16.9 Å². The Morgan fingerprint density at radius 3 is 2.75 bits per heavy atom. The molecule has 0 radical (unpaired) electrons. The maximum atomic E-state index is 11.3. The van der Waals surface area contributed by atoms with Gasteiger partial charge in [-0.05, 0) is 38.5 Å². The summed E-state index contributed by atoms with van der Waals surface area (Å²) >= 11 is 0. The topological polar surface area (TPSA) is 81.1 Å². The molecule has 5 nitrogen and oxygen atoms in total. The molecular weight excluding hydrogens is 274 g/mol. The molecule has 20 heavy (non-hydrogen) atoms. The lowest BCUT2D eigenvalue weighted by Gasteiger charge is -2.18. The molecule has 0 saturated heterocycles. The third-order valence-electron chi connectivity index (χ3n) is 3.38. The minimum Gasteiger partial charge on any atom is -0.399 e. The molecule has 0 amide bonds. The van der Waals surface area contributed by atoms with E-state index in [0.29, 0.717) is 17.3 Å². The summed E-state index contributed by atoms with van der Waals surface area (Å²) in [4.78, 5) is 4.48. The van der Waals surface area contributed by atoms with Gasteiger partial charge in [-0.2, -0.15) is 0 Å². The first kappa shape index (κ1) is 15.0. The Labute approximate surface area is 121 Å². The molecule has 3 atom stereocenters. The summed E-state index contributed by atoms with van der Waals surface area (Å²) in [7, 11) is -0.819. The van der Waals surface area contributed by atoms with E-state index in [0.717, 1.165) is 17.5 Å². The first-order chi connectivity index (χ1) is 9.40. The summed E-state index contributed by atoms with van der Waals surface area (Å²) in [6.07, 6.45) is 1.83. The zero-order chi connectivity index (χ0) is 14.9. The second kappa shape index (κ2) is 5.93. The van der Waals surface area contributed by atoms with Crippen molar-refractivity contribution in [1.82, 2.24) is 9.55 Å². The predicted octanol–water partition coefficient (Wildman–Crippen LogP) is 2.00. The monoisotopic (exact) mass is 295 g/mol. The van der Waals surface area contributed by atoms with E-state index in [1.165, 1.54) is 0 Å². The fraction of sp³-hybridized carbons (Fsp3) is 0.500. The highest BCUT2D eigenvalue weighted by atomic mass is 32.2. The van der Waals surface area contributed by atoms with Crippen molar-refractivity contribution in [2.45, 2.75) is 32.4 Å². The third kappa shape index (κ3) is 3.02. The van der Waals surface area contributed by atoms with E-state index in [1.54, 1.807) is 13.2 Å². The number of nitrogens with two attached hydrogens (primary N) is 1. The van der Waals surface area contributed by atoms with Crippen molar-refractivity contribution in [3.63, 3.8) is 0 Å². The van der Waals surface area contributed by atoms with Crippen molar-refractivity contribution in [3.8, 4) is 0 Å². The summed E-state index contributed by atoms with van der Waals surface area (Å²) in [6.45, 7) is 3.75. The maximum absolute atomic E-state index is 11.3. The van der Waals surface area contributed by atoms with Crippen molar-refractivity contribution in [3.05, 3.63) is 24.0 Å². The van der Waals surface area contributed by atoms with Crippen LogP contribution in [0.15, 0.2) is 18.2 Å². The number of anilines is 1. The van der Waals surface area contributed by atoms with Crippen LogP contribution in [0, 0.1) is 0 Å². The smallest absolute Gasteiger partial charge is 0.138 e. The number of nitrogen functional groups attached to an aromatic ring is 1. The van der Waals surface area contributed by atoms with Crippen molar-refractivity contribution >= 4 is 27.5 Å². The van der Waals surface area contributed by atoms with Gasteiger partial charge in [-0.25, -0.2) is 4.98 Å². The number of aliphatic hydroxyl groups excluding tert-OH is 1. The SMILES string of the molecule is CC(O)c1nc2cc(N)ccc2n1C(C)CCS(C)=O. The van der Waals surface area contributed by atoms with E-state index >= 15 is 0 Å². The van der Waals surface area contributed by atoms with Crippen LogP contribution in [0.4, 0.5) is 5.69 Å². The number of aliphatic hydroxyl groups is 1. The minimum absolute atomic E-state index is 0.122. The largest absolute Gasteiger partial charge is 0.399 e. The first-order valence-electron chi connectivity index (χ1n) is 6.65. The molecule has 1 heterocycles. The number of nitrogens with zero attached hydrogens (tertiary/aromatic N) is 2.